The minimum Gasteiger partial charge on any atom is -0.103 e. The molecule has 0 aromatic heterocycles. The zero-order valence-corrected chi connectivity index (χ0v) is 16.3. The first-order chi connectivity index (χ1) is 10.4. The van der Waals surface area contributed by atoms with Gasteiger partial charge in [-0.15, -0.1) is 6.58 Å². The van der Waals surface area contributed by atoms with Crippen LogP contribution in [0.4, 0.5) is 0 Å². The maximum absolute atomic E-state index is 4.36. The van der Waals surface area contributed by atoms with E-state index in [2.05, 4.69) is 54.2 Å². The van der Waals surface area contributed by atoms with Gasteiger partial charge in [-0.05, 0) is 5.31 Å². The molecule has 0 aromatic rings. The monoisotopic (exact) mass is 304 g/mol. The van der Waals surface area contributed by atoms with Crippen LogP contribution >= 0.6 is 0 Å². The Bertz CT molecular complexity index is 294. The highest BCUT2D eigenvalue weighted by Crippen LogP contribution is 2.53. The molecular weight excluding hydrogens is 263 g/mol. The molecule has 0 N–H and O–H groups in total. The molecule has 0 aliphatic heterocycles. The van der Waals surface area contributed by atoms with Gasteiger partial charge in [0.25, 0.3) is 0 Å². The van der Waals surface area contributed by atoms with E-state index in [4.69, 9.17) is 0 Å². The van der Waals surface area contributed by atoms with Crippen LogP contribution in [0.2, 0.25) is 16.9 Å². The average molecular weight is 304 g/mol. The van der Waals surface area contributed by atoms with Crippen LogP contribution in [0.1, 0.15) is 92.9 Å². The van der Waals surface area contributed by atoms with E-state index in [0.717, 1.165) is 30.2 Å². The molecular formula is C21H41B. The van der Waals surface area contributed by atoms with E-state index >= 15 is 0 Å². The lowest BCUT2D eigenvalue weighted by molar-refractivity contribution is 0.467. The second-order valence-electron chi connectivity index (χ2n) is 8.79. The standard InChI is InChI=1S/C21H41B/c1-8-21(15-13-11-9-10-12-14-16-21)22(19(6)17(2)3)20(7)18(4)5/h8,17-20H,1,9-16H2,2-7H3. The van der Waals surface area contributed by atoms with Gasteiger partial charge < -0.3 is 0 Å². The zero-order chi connectivity index (χ0) is 16.8. The number of allylic oxidation sites excluding steroid dienone is 1. The molecule has 0 heterocycles. The lowest BCUT2D eigenvalue weighted by Crippen LogP contribution is -2.41. The molecule has 1 fully saturated rings. The highest BCUT2D eigenvalue weighted by molar-refractivity contribution is 6.66. The quantitative estimate of drug-likeness (QED) is 0.349. The van der Waals surface area contributed by atoms with Gasteiger partial charge in [-0.25, -0.2) is 0 Å². The maximum Gasteiger partial charge on any atom is 0.157 e. The van der Waals surface area contributed by atoms with Gasteiger partial charge in [0.15, 0.2) is 6.71 Å². The van der Waals surface area contributed by atoms with Crippen LogP contribution in [0.25, 0.3) is 0 Å². The molecule has 1 aliphatic rings. The van der Waals surface area contributed by atoms with Crippen LogP contribution < -0.4 is 0 Å². The van der Waals surface area contributed by atoms with Crippen molar-refractivity contribution in [3.63, 3.8) is 0 Å². The van der Waals surface area contributed by atoms with Crippen molar-refractivity contribution in [1.29, 1.82) is 0 Å². The topological polar surface area (TPSA) is 0 Å². The van der Waals surface area contributed by atoms with Crippen LogP contribution in [0.3, 0.4) is 0 Å². The van der Waals surface area contributed by atoms with Crippen molar-refractivity contribution < 1.29 is 0 Å². The minimum absolute atomic E-state index is 0.373. The summed E-state index contributed by atoms with van der Waals surface area (Å²) in [5, 5.41) is 0.373. The summed E-state index contributed by atoms with van der Waals surface area (Å²) in [4.78, 5) is 0. The Labute approximate surface area is 141 Å². The predicted molar refractivity (Wildman–Crippen MR) is 104 cm³/mol. The maximum atomic E-state index is 4.36. The van der Waals surface area contributed by atoms with E-state index in [1.165, 1.54) is 51.4 Å². The summed E-state index contributed by atoms with van der Waals surface area (Å²) in [5.41, 5.74) is 0. The van der Waals surface area contributed by atoms with Crippen LogP contribution in [-0.4, -0.2) is 6.71 Å². The number of rotatable bonds is 6. The first kappa shape index (κ1) is 19.9. The third-order valence-corrected chi connectivity index (χ3v) is 6.84. The van der Waals surface area contributed by atoms with Crippen LogP contribution in [0.5, 0.6) is 0 Å². The first-order valence-corrected chi connectivity index (χ1v) is 9.99. The number of hydrogen-bond acceptors (Lipinski definition) is 0. The molecule has 0 bridgehead atoms. The predicted octanol–water partition coefficient (Wildman–Crippen LogP) is 7.63. The van der Waals surface area contributed by atoms with E-state index in [1.54, 1.807) is 0 Å². The largest absolute Gasteiger partial charge is 0.157 e. The first-order valence-electron chi connectivity index (χ1n) is 9.99. The molecule has 2 unspecified atom stereocenters. The normalized spacial score (nSPS) is 22.5. The van der Waals surface area contributed by atoms with Crippen LogP contribution in [-0.2, 0) is 0 Å². The Kier molecular flexibility index (Phi) is 8.29. The molecule has 0 aromatic carbocycles. The van der Waals surface area contributed by atoms with Gasteiger partial charge >= 0.3 is 0 Å². The molecule has 1 rings (SSSR count). The summed E-state index contributed by atoms with van der Waals surface area (Å²) >= 11 is 0. The molecule has 128 valence electrons. The van der Waals surface area contributed by atoms with Gasteiger partial charge in [-0.2, -0.15) is 0 Å². The van der Waals surface area contributed by atoms with Gasteiger partial charge in [0, 0.05) is 0 Å². The Morgan fingerprint density at radius 1 is 0.727 bits per heavy atom. The molecule has 1 heteroatoms. The van der Waals surface area contributed by atoms with E-state index in [0.29, 0.717) is 5.31 Å². The molecule has 1 aliphatic carbocycles. The Hall–Kier alpha value is -0.195. The fraction of sp³-hybridized carbons (Fsp3) is 0.905. The summed E-state index contributed by atoms with van der Waals surface area (Å²) in [6, 6.07) is 0. The fourth-order valence-electron chi connectivity index (χ4n) is 4.77. The summed E-state index contributed by atoms with van der Waals surface area (Å²) < 4.78 is 0. The highest BCUT2D eigenvalue weighted by atomic mass is 14.3. The van der Waals surface area contributed by atoms with E-state index < -0.39 is 0 Å². The van der Waals surface area contributed by atoms with Crippen molar-refractivity contribution in [2.45, 2.75) is 110 Å². The van der Waals surface area contributed by atoms with Crippen LogP contribution in [0, 0.1) is 11.8 Å². The summed E-state index contributed by atoms with van der Waals surface area (Å²) in [6.45, 7) is 19.8. The third-order valence-electron chi connectivity index (χ3n) is 6.84. The van der Waals surface area contributed by atoms with Crippen LogP contribution in [0.15, 0.2) is 12.7 Å². The van der Waals surface area contributed by atoms with Crippen molar-refractivity contribution in [1.82, 2.24) is 0 Å². The molecule has 0 spiro atoms. The molecule has 0 radical (unpaired) electrons. The lowest BCUT2D eigenvalue weighted by Gasteiger charge is -2.45. The summed E-state index contributed by atoms with van der Waals surface area (Å²) in [7, 11) is 0. The Balaban J connectivity index is 3.15. The van der Waals surface area contributed by atoms with Crippen molar-refractivity contribution in [2.24, 2.45) is 11.8 Å². The van der Waals surface area contributed by atoms with Gasteiger partial charge in [0.2, 0.25) is 0 Å². The second-order valence-corrected chi connectivity index (χ2v) is 8.79. The Morgan fingerprint density at radius 3 is 1.41 bits per heavy atom. The second kappa shape index (κ2) is 9.19. The van der Waals surface area contributed by atoms with Gasteiger partial charge in [-0.3, -0.25) is 0 Å². The third kappa shape index (κ3) is 4.90. The van der Waals surface area contributed by atoms with E-state index in [9.17, 15) is 0 Å². The smallest absolute Gasteiger partial charge is 0.103 e. The highest BCUT2D eigenvalue weighted by Gasteiger charge is 2.45. The molecule has 22 heavy (non-hydrogen) atoms. The SMILES string of the molecule is C=CC1(B(C(C)C(C)C)C(C)C(C)C)CCCCCCCC1. The van der Waals surface area contributed by atoms with Gasteiger partial charge in [0.05, 0.1) is 0 Å². The van der Waals surface area contributed by atoms with Crippen molar-refractivity contribution in [3.8, 4) is 0 Å². The molecule has 0 saturated heterocycles. The van der Waals surface area contributed by atoms with E-state index in [-0.39, 0.29) is 0 Å². The summed E-state index contributed by atoms with van der Waals surface area (Å²) in [6.07, 6.45) is 13.7. The van der Waals surface area contributed by atoms with Crippen molar-refractivity contribution >= 4 is 6.71 Å². The van der Waals surface area contributed by atoms with Gasteiger partial charge in [0.1, 0.15) is 0 Å². The molecule has 0 amide bonds. The average Bonchev–Trinajstić information content (AvgIpc) is 2.59. The van der Waals surface area contributed by atoms with E-state index in [1.807, 2.05) is 0 Å². The Morgan fingerprint density at radius 2 is 1.09 bits per heavy atom. The lowest BCUT2D eigenvalue weighted by atomic mass is 9.19. The van der Waals surface area contributed by atoms with Crippen molar-refractivity contribution in [3.05, 3.63) is 12.7 Å². The van der Waals surface area contributed by atoms with Gasteiger partial charge in [-0.1, -0.05) is 122 Å². The molecule has 0 nitrogen and oxygen atoms in total. The molecule has 1 saturated carbocycles. The van der Waals surface area contributed by atoms with Crippen molar-refractivity contribution in [2.75, 3.05) is 0 Å². The zero-order valence-electron chi connectivity index (χ0n) is 16.3. The fourth-order valence-corrected chi connectivity index (χ4v) is 4.77. The number of hydrogen-bond donors (Lipinski definition) is 0. The minimum atomic E-state index is 0.373. The molecule has 2 atom stereocenters. The summed E-state index contributed by atoms with van der Waals surface area (Å²) in [5.74, 6) is 3.07.